The minimum atomic E-state index is 0.468. The zero-order chi connectivity index (χ0) is 11.7. The van der Waals surface area contributed by atoms with Gasteiger partial charge in [-0.15, -0.1) is 11.3 Å². The van der Waals surface area contributed by atoms with Gasteiger partial charge in [0.05, 0.1) is 0 Å². The number of hydrogen-bond acceptors (Lipinski definition) is 3. The summed E-state index contributed by atoms with van der Waals surface area (Å²) in [4.78, 5) is 4.25. The minimum Gasteiger partial charge on any atom is -0.328 e. The average molecular weight is 250 g/mol. The van der Waals surface area contributed by atoms with Gasteiger partial charge in [-0.2, -0.15) is 0 Å². The molecule has 2 heterocycles. The monoisotopic (exact) mass is 250 g/mol. The molecule has 0 saturated heterocycles. The van der Waals surface area contributed by atoms with Crippen LogP contribution in [0.15, 0.2) is 11.4 Å². The minimum absolute atomic E-state index is 0.468. The summed E-state index contributed by atoms with van der Waals surface area (Å²) in [5.41, 5.74) is 7.64. The van der Waals surface area contributed by atoms with E-state index < -0.39 is 0 Å². The van der Waals surface area contributed by atoms with Crippen molar-refractivity contribution in [1.82, 2.24) is 4.90 Å². The molecule has 0 aromatic carbocycles. The molecule has 0 bridgehead atoms. The van der Waals surface area contributed by atoms with Gasteiger partial charge in [-0.25, -0.2) is 0 Å². The number of hydrogen-bond donors (Lipinski definition) is 1. The molecule has 1 aliphatic carbocycles. The molecule has 2 unspecified atom stereocenters. The molecule has 2 aliphatic rings. The Kier molecular flexibility index (Phi) is 3.50. The molecule has 0 spiro atoms. The summed E-state index contributed by atoms with van der Waals surface area (Å²) >= 11 is 1.93. The molecular formula is C14H22N2S. The van der Waals surface area contributed by atoms with Crippen molar-refractivity contribution in [2.45, 2.75) is 44.7 Å². The molecule has 1 aromatic rings. The van der Waals surface area contributed by atoms with Gasteiger partial charge >= 0.3 is 0 Å². The van der Waals surface area contributed by atoms with Crippen molar-refractivity contribution in [2.75, 3.05) is 13.1 Å². The van der Waals surface area contributed by atoms with Gasteiger partial charge in [-0.05, 0) is 48.6 Å². The van der Waals surface area contributed by atoms with Crippen LogP contribution >= 0.6 is 11.3 Å². The van der Waals surface area contributed by atoms with Crippen molar-refractivity contribution >= 4 is 11.3 Å². The van der Waals surface area contributed by atoms with Crippen molar-refractivity contribution < 1.29 is 0 Å². The van der Waals surface area contributed by atoms with E-state index in [9.17, 15) is 0 Å². The van der Waals surface area contributed by atoms with Gasteiger partial charge < -0.3 is 5.73 Å². The predicted molar refractivity (Wildman–Crippen MR) is 73.2 cm³/mol. The molecule has 94 valence electrons. The largest absolute Gasteiger partial charge is 0.328 e. The summed E-state index contributed by atoms with van der Waals surface area (Å²) in [5, 5.41) is 2.24. The highest BCUT2D eigenvalue weighted by Crippen LogP contribution is 2.28. The highest BCUT2D eigenvalue weighted by Gasteiger charge is 2.24. The standard InChI is InChI=1S/C14H22N2S/c15-13-3-1-2-11(8-13)9-16-6-4-14-12(10-16)5-7-17-14/h5,7,11,13H,1-4,6,8-10,15H2. The van der Waals surface area contributed by atoms with Gasteiger partial charge in [0.15, 0.2) is 0 Å². The van der Waals surface area contributed by atoms with E-state index in [-0.39, 0.29) is 0 Å². The topological polar surface area (TPSA) is 29.3 Å². The second-order valence-corrected chi connectivity index (χ2v) is 6.65. The van der Waals surface area contributed by atoms with Crippen LogP contribution in [0.1, 0.15) is 36.1 Å². The number of rotatable bonds is 2. The smallest absolute Gasteiger partial charge is 0.0245 e. The van der Waals surface area contributed by atoms with Gasteiger partial charge in [-0.1, -0.05) is 6.42 Å². The molecule has 3 heteroatoms. The molecule has 2 atom stereocenters. The maximum Gasteiger partial charge on any atom is 0.0245 e. The molecule has 1 aromatic heterocycles. The second kappa shape index (κ2) is 5.09. The fourth-order valence-corrected chi connectivity index (χ4v) is 4.22. The molecule has 0 radical (unpaired) electrons. The number of nitrogens with two attached hydrogens (primary N) is 1. The first kappa shape index (κ1) is 11.7. The fraction of sp³-hybridized carbons (Fsp3) is 0.714. The summed E-state index contributed by atoms with van der Waals surface area (Å²) in [5.74, 6) is 0.846. The lowest BCUT2D eigenvalue weighted by molar-refractivity contribution is 0.181. The van der Waals surface area contributed by atoms with Gasteiger partial charge in [0, 0.05) is 30.6 Å². The summed E-state index contributed by atoms with van der Waals surface area (Å²) < 4.78 is 0. The Morgan fingerprint density at radius 3 is 3.24 bits per heavy atom. The van der Waals surface area contributed by atoms with Crippen LogP contribution in [0.5, 0.6) is 0 Å². The molecule has 1 aliphatic heterocycles. The molecule has 0 amide bonds. The summed E-state index contributed by atoms with van der Waals surface area (Å²) in [7, 11) is 0. The highest BCUT2D eigenvalue weighted by atomic mass is 32.1. The maximum atomic E-state index is 6.07. The quantitative estimate of drug-likeness (QED) is 0.874. The number of fused-ring (bicyclic) bond motifs is 1. The number of thiophene rings is 1. The molecule has 17 heavy (non-hydrogen) atoms. The van der Waals surface area contributed by atoms with Crippen molar-refractivity contribution in [3.05, 3.63) is 21.9 Å². The van der Waals surface area contributed by atoms with E-state index in [1.807, 2.05) is 11.3 Å². The Labute approximate surface area is 108 Å². The van der Waals surface area contributed by atoms with E-state index in [2.05, 4.69) is 16.3 Å². The van der Waals surface area contributed by atoms with Crippen LogP contribution in [0, 0.1) is 5.92 Å². The molecule has 1 saturated carbocycles. The first-order valence-corrected chi connectivity index (χ1v) is 7.72. The zero-order valence-corrected chi connectivity index (χ0v) is 11.2. The molecule has 1 fully saturated rings. The third kappa shape index (κ3) is 2.72. The first-order chi connectivity index (χ1) is 8.31. The normalized spacial score (nSPS) is 30.2. The van der Waals surface area contributed by atoms with Crippen LogP contribution in [0.4, 0.5) is 0 Å². The highest BCUT2D eigenvalue weighted by molar-refractivity contribution is 7.10. The van der Waals surface area contributed by atoms with E-state index in [1.54, 1.807) is 10.4 Å². The lowest BCUT2D eigenvalue weighted by atomic mass is 9.85. The molecule has 3 rings (SSSR count). The predicted octanol–water partition coefficient (Wildman–Crippen LogP) is 2.62. The molecule has 2 nitrogen and oxygen atoms in total. The third-order valence-electron chi connectivity index (χ3n) is 4.23. The van der Waals surface area contributed by atoms with Crippen LogP contribution in [0.25, 0.3) is 0 Å². The fourth-order valence-electron chi connectivity index (χ4n) is 3.33. The average Bonchev–Trinajstić information content (AvgIpc) is 2.76. The van der Waals surface area contributed by atoms with Crippen molar-refractivity contribution in [2.24, 2.45) is 11.7 Å². The van der Waals surface area contributed by atoms with Crippen LogP contribution < -0.4 is 5.73 Å². The van der Waals surface area contributed by atoms with Crippen molar-refractivity contribution in [3.63, 3.8) is 0 Å². The Balaban J connectivity index is 1.56. The summed E-state index contributed by atoms with van der Waals surface area (Å²) in [6.07, 6.45) is 6.47. The Bertz CT molecular complexity index is 374. The van der Waals surface area contributed by atoms with Gasteiger partial charge in [0.2, 0.25) is 0 Å². The van der Waals surface area contributed by atoms with Gasteiger partial charge in [-0.3, -0.25) is 4.90 Å². The molecular weight excluding hydrogens is 228 g/mol. The molecule has 2 N–H and O–H groups in total. The van der Waals surface area contributed by atoms with E-state index in [4.69, 9.17) is 5.73 Å². The van der Waals surface area contributed by atoms with Gasteiger partial charge in [0.1, 0.15) is 0 Å². The maximum absolute atomic E-state index is 6.07. The van der Waals surface area contributed by atoms with Gasteiger partial charge in [0.25, 0.3) is 0 Å². The third-order valence-corrected chi connectivity index (χ3v) is 5.25. The van der Waals surface area contributed by atoms with Crippen molar-refractivity contribution in [1.29, 1.82) is 0 Å². The zero-order valence-electron chi connectivity index (χ0n) is 10.4. The lowest BCUT2D eigenvalue weighted by Crippen LogP contribution is -2.38. The Morgan fingerprint density at radius 2 is 2.35 bits per heavy atom. The second-order valence-electron chi connectivity index (χ2n) is 5.65. The van der Waals surface area contributed by atoms with E-state index >= 15 is 0 Å². The first-order valence-electron chi connectivity index (χ1n) is 6.84. The van der Waals surface area contributed by atoms with E-state index in [0.29, 0.717) is 6.04 Å². The summed E-state index contributed by atoms with van der Waals surface area (Å²) in [6.45, 7) is 3.69. The van der Waals surface area contributed by atoms with Crippen LogP contribution in [0.2, 0.25) is 0 Å². The van der Waals surface area contributed by atoms with Crippen LogP contribution in [-0.4, -0.2) is 24.0 Å². The SMILES string of the molecule is NC1CCCC(CN2CCc3sccc3C2)C1. The van der Waals surface area contributed by atoms with E-state index in [0.717, 1.165) is 5.92 Å². The van der Waals surface area contributed by atoms with Crippen LogP contribution in [0.3, 0.4) is 0 Å². The summed E-state index contributed by atoms with van der Waals surface area (Å²) in [6, 6.07) is 2.77. The van der Waals surface area contributed by atoms with Crippen molar-refractivity contribution in [3.8, 4) is 0 Å². The Hall–Kier alpha value is -0.380. The Morgan fingerprint density at radius 1 is 1.41 bits per heavy atom. The lowest BCUT2D eigenvalue weighted by Gasteiger charge is -2.33. The number of nitrogens with zero attached hydrogens (tertiary/aromatic N) is 1. The van der Waals surface area contributed by atoms with E-state index in [1.165, 1.54) is 51.7 Å². The van der Waals surface area contributed by atoms with Crippen LogP contribution in [-0.2, 0) is 13.0 Å².